The summed E-state index contributed by atoms with van der Waals surface area (Å²) in [4.78, 5) is 27.2. The van der Waals surface area contributed by atoms with E-state index >= 15 is 0 Å². The number of carbonyl (C=O) groups excluding carboxylic acids is 1. The molecule has 0 aromatic carbocycles. The third kappa shape index (κ3) is 5.52. The lowest BCUT2D eigenvalue weighted by molar-refractivity contribution is 0.0951. The fourth-order valence-electron chi connectivity index (χ4n) is 3.12. The highest BCUT2D eigenvalue weighted by molar-refractivity contribution is 7.13. The van der Waals surface area contributed by atoms with Gasteiger partial charge in [-0.2, -0.15) is 0 Å². The molecule has 4 aromatic heterocycles. The molecular weight excluding hydrogens is 406 g/mol. The second kappa shape index (κ2) is 9.95. The molecule has 0 radical (unpaired) electrons. The van der Waals surface area contributed by atoms with Crippen molar-refractivity contribution in [3.05, 3.63) is 94.9 Å². The van der Waals surface area contributed by atoms with Crippen LogP contribution in [0.5, 0.6) is 0 Å². The van der Waals surface area contributed by atoms with Crippen molar-refractivity contribution in [2.24, 2.45) is 0 Å². The van der Waals surface area contributed by atoms with Crippen LogP contribution in [0.3, 0.4) is 0 Å². The number of rotatable bonds is 8. The normalized spacial score (nSPS) is 10.6. The van der Waals surface area contributed by atoms with Crippen LogP contribution in [0, 0.1) is 6.92 Å². The lowest BCUT2D eigenvalue weighted by Crippen LogP contribution is -2.24. The van der Waals surface area contributed by atoms with E-state index in [0.717, 1.165) is 28.2 Å². The highest BCUT2D eigenvalue weighted by atomic mass is 32.1. The molecule has 0 aliphatic rings. The zero-order valence-corrected chi connectivity index (χ0v) is 18.0. The Labute approximate surface area is 185 Å². The molecule has 1 amide bonds. The summed E-state index contributed by atoms with van der Waals surface area (Å²) in [5, 5.41) is 8.39. The predicted octanol–water partition coefficient (Wildman–Crippen LogP) is 4.49. The molecule has 0 unspecified atom stereocenters. The van der Waals surface area contributed by atoms with Crippen LogP contribution in [0.1, 0.15) is 27.2 Å². The molecule has 4 aromatic rings. The van der Waals surface area contributed by atoms with Crippen LogP contribution in [0.25, 0.3) is 10.6 Å². The van der Waals surface area contributed by atoms with Gasteiger partial charge in [-0.25, -0.2) is 4.98 Å². The largest absolute Gasteiger partial charge is 0.369 e. The Bertz CT molecular complexity index is 1150. The Hall–Kier alpha value is -3.58. The molecule has 4 rings (SSSR count). The monoisotopic (exact) mass is 429 g/mol. The molecule has 0 atom stereocenters. The van der Waals surface area contributed by atoms with Gasteiger partial charge < -0.3 is 10.6 Å². The van der Waals surface area contributed by atoms with Gasteiger partial charge in [0, 0.05) is 43.8 Å². The van der Waals surface area contributed by atoms with Crippen molar-refractivity contribution >= 4 is 23.1 Å². The van der Waals surface area contributed by atoms with Gasteiger partial charge in [0.15, 0.2) is 0 Å². The second-order valence-corrected chi connectivity index (χ2v) is 8.03. The van der Waals surface area contributed by atoms with Crippen LogP contribution in [-0.4, -0.2) is 27.4 Å². The van der Waals surface area contributed by atoms with Crippen molar-refractivity contribution in [3.8, 4) is 10.6 Å². The van der Waals surface area contributed by atoms with Crippen molar-refractivity contribution in [1.29, 1.82) is 0 Å². The molecule has 0 bridgehead atoms. The van der Waals surface area contributed by atoms with Gasteiger partial charge >= 0.3 is 0 Å². The molecule has 156 valence electrons. The number of amides is 1. The quantitative estimate of drug-likeness (QED) is 0.431. The number of nitrogens with zero attached hydrogens (tertiary/aromatic N) is 3. The Kier molecular flexibility index (Phi) is 6.64. The Balaban J connectivity index is 1.52. The number of hydrogen-bond acceptors (Lipinski definition) is 6. The minimum Gasteiger partial charge on any atom is -0.369 e. The third-order valence-corrected chi connectivity index (χ3v) is 5.77. The first-order valence-corrected chi connectivity index (χ1v) is 10.9. The summed E-state index contributed by atoms with van der Waals surface area (Å²) in [7, 11) is 0. The van der Waals surface area contributed by atoms with Crippen LogP contribution in [0.4, 0.5) is 5.82 Å². The van der Waals surface area contributed by atoms with Crippen LogP contribution < -0.4 is 10.6 Å². The van der Waals surface area contributed by atoms with Crippen molar-refractivity contribution in [2.75, 3.05) is 11.9 Å². The van der Waals surface area contributed by atoms with Gasteiger partial charge in [0.1, 0.15) is 5.82 Å². The number of carbonyl (C=O) groups is 1. The van der Waals surface area contributed by atoms with Crippen molar-refractivity contribution in [1.82, 2.24) is 20.3 Å². The molecule has 0 spiro atoms. The molecule has 0 saturated heterocycles. The van der Waals surface area contributed by atoms with E-state index in [4.69, 9.17) is 4.98 Å². The van der Waals surface area contributed by atoms with E-state index < -0.39 is 0 Å². The summed E-state index contributed by atoms with van der Waals surface area (Å²) < 4.78 is 0. The van der Waals surface area contributed by atoms with Gasteiger partial charge in [-0.15, -0.1) is 11.3 Å². The van der Waals surface area contributed by atoms with E-state index in [1.165, 1.54) is 5.56 Å². The maximum atomic E-state index is 12.9. The van der Waals surface area contributed by atoms with Crippen molar-refractivity contribution in [3.63, 3.8) is 0 Å². The lowest BCUT2D eigenvalue weighted by atomic mass is 10.1. The summed E-state index contributed by atoms with van der Waals surface area (Å²) in [5.74, 6) is 0.397. The van der Waals surface area contributed by atoms with Gasteiger partial charge in [-0.1, -0.05) is 12.1 Å². The van der Waals surface area contributed by atoms with E-state index in [0.29, 0.717) is 24.5 Å². The number of nitrogens with one attached hydrogen (secondary N) is 2. The molecule has 0 fully saturated rings. The van der Waals surface area contributed by atoms with Gasteiger partial charge in [0.2, 0.25) is 0 Å². The van der Waals surface area contributed by atoms with Crippen LogP contribution in [-0.2, 0) is 13.0 Å². The average molecular weight is 430 g/mol. The first kappa shape index (κ1) is 20.7. The predicted molar refractivity (Wildman–Crippen MR) is 124 cm³/mol. The first-order valence-electron chi connectivity index (χ1n) is 10.1. The zero-order chi connectivity index (χ0) is 21.5. The molecule has 7 heteroatoms. The van der Waals surface area contributed by atoms with Gasteiger partial charge in [-0.3, -0.25) is 14.8 Å². The van der Waals surface area contributed by atoms with Crippen LogP contribution in [0.15, 0.2) is 72.5 Å². The first-order chi connectivity index (χ1) is 15.2. The van der Waals surface area contributed by atoms with Gasteiger partial charge in [0.25, 0.3) is 5.91 Å². The maximum absolute atomic E-state index is 12.9. The van der Waals surface area contributed by atoms with E-state index in [2.05, 4.69) is 39.0 Å². The summed E-state index contributed by atoms with van der Waals surface area (Å²) in [6.45, 7) is 3.10. The Morgan fingerprint density at radius 3 is 2.77 bits per heavy atom. The van der Waals surface area contributed by atoms with E-state index in [1.54, 1.807) is 29.9 Å². The minimum atomic E-state index is -0.175. The third-order valence-electron chi connectivity index (χ3n) is 4.70. The molecule has 6 nitrogen and oxygen atoms in total. The van der Waals surface area contributed by atoms with E-state index in [1.807, 2.05) is 42.5 Å². The van der Waals surface area contributed by atoms with Crippen molar-refractivity contribution in [2.45, 2.75) is 19.9 Å². The highest BCUT2D eigenvalue weighted by Gasteiger charge is 2.15. The SMILES string of the molecule is Cc1csc(-c2ccc(C(=O)NCc3cccnc3)c(NCCc3ccccn3)n2)c1. The zero-order valence-electron chi connectivity index (χ0n) is 17.2. The molecule has 0 aliphatic carbocycles. The van der Waals surface area contributed by atoms with E-state index in [9.17, 15) is 4.79 Å². The van der Waals surface area contributed by atoms with Crippen LogP contribution in [0.2, 0.25) is 0 Å². The number of thiophene rings is 1. The highest BCUT2D eigenvalue weighted by Crippen LogP contribution is 2.27. The van der Waals surface area contributed by atoms with E-state index in [-0.39, 0.29) is 5.91 Å². The fourth-order valence-corrected chi connectivity index (χ4v) is 3.98. The number of anilines is 1. The molecule has 0 saturated carbocycles. The fraction of sp³-hybridized carbons (Fsp3) is 0.167. The number of hydrogen-bond donors (Lipinski definition) is 2. The smallest absolute Gasteiger partial charge is 0.255 e. The Morgan fingerprint density at radius 2 is 2.03 bits per heavy atom. The number of pyridine rings is 3. The lowest BCUT2D eigenvalue weighted by Gasteiger charge is -2.13. The molecule has 0 aliphatic heterocycles. The number of aryl methyl sites for hydroxylation is 1. The molecule has 4 heterocycles. The minimum absolute atomic E-state index is 0.175. The Morgan fingerprint density at radius 1 is 1.10 bits per heavy atom. The summed E-state index contributed by atoms with van der Waals surface area (Å²) in [6.07, 6.45) is 5.98. The summed E-state index contributed by atoms with van der Waals surface area (Å²) in [5.41, 5.74) is 4.50. The molecule has 31 heavy (non-hydrogen) atoms. The average Bonchev–Trinajstić information content (AvgIpc) is 3.25. The molecule has 2 N–H and O–H groups in total. The van der Waals surface area contributed by atoms with Crippen LogP contribution >= 0.6 is 11.3 Å². The molecular formula is C24H23N5OS. The maximum Gasteiger partial charge on any atom is 0.255 e. The standard InChI is InChI=1S/C24H23N5OS/c1-17-13-22(31-16-17)21-8-7-20(24(30)28-15-18-5-4-10-25-14-18)23(29-21)27-12-9-19-6-2-3-11-26-19/h2-8,10-11,13-14,16H,9,12,15H2,1H3,(H,27,29)(H,28,30). The van der Waals surface area contributed by atoms with Gasteiger partial charge in [0.05, 0.1) is 16.1 Å². The summed E-state index contributed by atoms with van der Waals surface area (Å²) >= 11 is 1.65. The second-order valence-electron chi connectivity index (χ2n) is 7.12. The number of aromatic nitrogens is 3. The van der Waals surface area contributed by atoms with Crippen molar-refractivity contribution < 1.29 is 4.79 Å². The summed E-state index contributed by atoms with van der Waals surface area (Å²) in [6, 6.07) is 15.5. The topological polar surface area (TPSA) is 79.8 Å². The van der Waals surface area contributed by atoms with Gasteiger partial charge in [-0.05, 0) is 59.8 Å².